The highest BCUT2D eigenvalue weighted by atomic mass is 16.4. The number of hydrogen-bond donors (Lipinski definition) is 3. The van der Waals surface area contributed by atoms with Crippen LogP contribution in [0.25, 0.3) is 0 Å². The van der Waals surface area contributed by atoms with Crippen molar-refractivity contribution < 1.29 is 10.0 Å². The highest BCUT2D eigenvalue weighted by molar-refractivity contribution is 6.07. The van der Waals surface area contributed by atoms with E-state index in [9.17, 15) is 4.79 Å². The Balaban J connectivity index is 2.85. The smallest absolute Gasteiger partial charge is 0.235 e. The number of nitrogens with one attached hydrogen (secondary N) is 1. The molecule has 20 heavy (non-hydrogen) atoms. The molecule has 6 heteroatoms. The molecule has 0 saturated heterocycles. The van der Waals surface area contributed by atoms with Crippen LogP contribution in [0.3, 0.4) is 0 Å². The molecule has 0 aliphatic rings. The number of anilines is 2. The molecule has 0 saturated carbocycles. The topological polar surface area (TPSA) is 91.0 Å². The van der Waals surface area contributed by atoms with Crippen molar-refractivity contribution in [3.63, 3.8) is 0 Å². The zero-order valence-corrected chi connectivity index (χ0v) is 12.1. The maximum absolute atomic E-state index is 12.2. The Morgan fingerprint density at radius 1 is 1.50 bits per heavy atom. The zero-order valence-electron chi connectivity index (χ0n) is 12.1. The van der Waals surface area contributed by atoms with Crippen molar-refractivity contribution in [1.29, 1.82) is 0 Å². The second-order valence-electron chi connectivity index (χ2n) is 4.80. The second-order valence-corrected chi connectivity index (χ2v) is 4.80. The number of benzene rings is 1. The summed E-state index contributed by atoms with van der Waals surface area (Å²) < 4.78 is 0. The van der Waals surface area contributed by atoms with Gasteiger partial charge in [0.05, 0.1) is 5.92 Å². The van der Waals surface area contributed by atoms with Crippen LogP contribution < -0.4 is 16.0 Å². The first kappa shape index (κ1) is 15.8. The van der Waals surface area contributed by atoms with Gasteiger partial charge in [0.15, 0.2) is 5.84 Å². The van der Waals surface area contributed by atoms with Gasteiger partial charge in [-0.1, -0.05) is 24.6 Å². The Bertz CT molecular complexity index is 486. The lowest BCUT2D eigenvalue weighted by molar-refractivity contribution is -0.118. The zero-order chi connectivity index (χ0) is 15.1. The molecule has 4 N–H and O–H groups in total. The number of amidine groups is 1. The van der Waals surface area contributed by atoms with Gasteiger partial charge in [-0.05, 0) is 24.6 Å². The van der Waals surface area contributed by atoms with E-state index < -0.39 is 5.92 Å². The van der Waals surface area contributed by atoms with E-state index in [0.717, 1.165) is 12.1 Å². The van der Waals surface area contributed by atoms with E-state index in [-0.39, 0.29) is 11.7 Å². The molecule has 1 amide bonds. The minimum atomic E-state index is -0.618. The average Bonchev–Trinajstić information content (AvgIpc) is 2.44. The number of carbonyl (C=O) groups excluding carboxylic acids is 1. The first-order valence-corrected chi connectivity index (χ1v) is 6.55. The summed E-state index contributed by atoms with van der Waals surface area (Å²) in [5, 5.41) is 14.5. The monoisotopic (exact) mass is 278 g/mol. The summed E-state index contributed by atoms with van der Waals surface area (Å²) in [6.07, 6.45) is 1.31. The fraction of sp³-hybridized carbons (Fsp3) is 0.429. The van der Waals surface area contributed by atoms with Gasteiger partial charge in [-0.2, -0.15) is 0 Å². The Morgan fingerprint density at radius 2 is 2.20 bits per heavy atom. The van der Waals surface area contributed by atoms with Crippen LogP contribution in [0.5, 0.6) is 0 Å². The molecule has 0 bridgehead atoms. The van der Waals surface area contributed by atoms with Gasteiger partial charge in [0, 0.05) is 25.5 Å². The number of hydrogen-bond acceptors (Lipinski definition) is 4. The Kier molecular flexibility index (Phi) is 5.83. The molecule has 1 rings (SSSR count). The largest absolute Gasteiger partial charge is 0.409 e. The van der Waals surface area contributed by atoms with Crippen LogP contribution in [0.2, 0.25) is 0 Å². The molecule has 1 atom stereocenters. The molecule has 0 aliphatic heterocycles. The van der Waals surface area contributed by atoms with Crippen molar-refractivity contribution in [2.75, 3.05) is 24.3 Å². The third-order valence-electron chi connectivity index (χ3n) is 3.00. The fourth-order valence-electron chi connectivity index (χ4n) is 1.86. The summed E-state index contributed by atoms with van der Waals surface area (Å²) in [5.74, 6) is -0.945. The highest BCUT2D eigenvalue weighted by Crippen LogP contribution is 2.18. The normalized spacial score (nSPS) is 12.8. The summed E-state index contributed by atoms with van der Waals surface area (Å²) in [4.78, 5) is 14.1. The Morgan fingerprint density at radius 3 is 2.75 bits per heavy atom. The van der Waals surface area contributed by atoms with Gasteiger partial charge in [-0.3, -0.25) is 4.79 Å². The summed E-state index contributed by atoms with van der Waals surface area (Å²) in [7, 11) is 3.86. The van der Waals surface area contributed by atoms with E-state index in [1.807, 2.05) is 44.1 Å². The number of nitrogens with zero attached hydrogens (tertiary/aromatic N) is 2. The lowest BCUT2D eigenvalue weighted by atomic mass is 10.0. The number of nitrogens with two attached hydrogens (primary N) is 1. The van der Waals surface area contributed by atoms with Gasteiger partial charge in [-0.15, -0.1) is 0 Å². The van der Waals surface area contributed by atoms with Gasteiger partial charge in [-0.25, -0.2) is 0 Å². The minimum absolute atomic E-state index is 0.0619. The van der Waals surface area contributed by atoms with E-state index >= 15 is 0 Å². The number of carbonyl (C=O) groups is 1. The first-order chi connectivity index (χ1) is 9.49. The van der Waals surface area contributed by atoms with E-state index in [4.69, 9.17) is 10.9 Å². The van der Waals surface area contributed by atoms with Crippen LogP contribution in [-0.2, 0) is 4.79 Å². The average molecular weight is 278 g/mol. The molecule has 0 fully saturated rings. The SMILES string of the molecule is CCCC(C(=O)Nc1cccc(N(C)C)c1)/C(N)=N/O. The maximum Gasteiger partial charge on any atom is 0.235 e. The van der Waals surface area contributed by atoms with Crippen LogP contribution in [0.15, 0.2) is 29.4 Å². The molecule has 1 aromatic carbocycles. The minimum Gasteiger partial charge on any atom is -0.409 e. The van der Waals surface area contributed by atoms with Gasteiger partial charge < -0.3 is 21.2 Å². The highest BCUT2D eigenvalue weighted by Gasteiger charge is 2.22. The van der Waals surface area contributed by atoms with Crippen molar-refractivity contribution in [1.82, 2.24) is 0 Å². The molecule has 1 aromatic rings. The van der Waals surface area contributed by atoms with E-state index in [1.54, 1.807) is 6.07 Å². The van der Waals surface area contributed by atoms with Crippen LogP contribution in [0.4, 0.5) is 11.4 Å². The van der Waals surface area contributed by atoms with Crippen LogP contribution in [0.1, 0.15) is 19.8 Å². The van der Waals surface area contributed by atoms with Crippen molar-refractivity contribution >= 4 is 23.1 Å². The van der Waals surface area contributed by atoms with Crippen LogP contribution in [0, 0.1) is 5.92 Å². The Labute approximate surface area is 119 Å². The third-order valence-corrected chi connectivity index (χ3v) is 3.00. The summed E-state index contributed by atoms with van der Waals surface area (Å²) in [6, 6.07) is 7.49. The number of amides is 1. The molecular weight excluding hydrogens is 256 g/mol. The van der Waals surface area contributed by atoms with Crippen molar-refractivity contribution in [3.05, 3.63) is 24.3 Å². The number of rotatable bonds is 6. The van der Waals surface area contributed by atoms with Crippen LogP contribution >= 0.6 is 0 Å². The lowest BCUT2D eigenvalue weighted by Crippen LogP contribution is -2.34. The van der Waals surface area contributed by atoms with Gasteiger partial charge in [0.2, 0.25) is 5.91 Å². The van der Waals surface area contributed by atoms with Gasteiger partial charge >= 0.3 is 0 Å². The molecule has 0 aromatic heterocycles. The molecule has 0 radical (unpaired) electrons. The fourth-order valence-corrected chi connectivity index (χ4v) is 1.86. The predicted molar refractivity (Wildman–Crippen MR) is 81.2 cm³/mol. The first-order valence-electron chi connectivity index (χ1n) is 6.55. The van der Waals surface area contributed by atoms with Gasteiger partial charge in [0.25, 0.3) is 0 Å². The van der Waals surface area contributed by atoms with E-state index in [1.165, 1.54) is 0 Å². The van der Waals surface area contributed by atoms with Crippen LogP contribution in [-0.4, -0.2) is 31.0 Å². The molecule has 0 heterocycles. The molecule has 0 spiro atoms. The molecule has 6 nitrogen and oxygen atoms in total. The maximum atomic E-state index is 12.2. The molecule has 1 unspecified atom stereocenters. The quantitative estimate of drug-likeness (QED) is 0.320. The molecular formula is C14H22N4O2. The molecule has 0 aliphatic carbocycles. The summed E-state index contributed by atoms with van der Waals surface area (Å²) in [5.41, 5.74) is 7.24. The van der Waals surface area contributed by atoms with Crippen molar-refractivity contribution in [2.24, 2.45) is 16.8 Å². The number of oxime groups is 1. The van der Waals surface area contributed by atoms with E-state index in [0.29, 0.717) is 12.1 Å². The summed E-state index contributed by atoms with van der Waals surface area (Å²) >= 11 is 0. The van der Waals surface area contributed by atoms with Crippen molar-refractivity contribution in [3.8, 4) is 0 Å². The Hall–Kier alpha value is -2.24. The van der Waals surface area contributed by atoms with Crippen molar-refractivity contribution in [2.45, 2.75) is 19.8 Å². The summed E-state index contributed by atoms with van der Waals surface area (Å²) in [6.45, 7) is 1.94. The van der Waals surface area contributed by atoms with E-state index in [2.05, 4.69) is 10.5 Å². The predicted octanol–water partition coefficient (Wildman–Crippen LogP) is 1.85. The van der Waals surface area contributed by atoms with Gasteiger partial charge in [0.1, 0.15) is 0 Å². The standard InChI is InChI=1S/C14H22N4O2/c1-4-6-12(13(15)17-20)14(19)16-10-7-5-8-11(9-10)18(2)3/h5,7-9,12,20H,4,6H2,1-3H3,(H2,15,17)(H,16,19). The molecule has 110 valence electrons. The third kappa shape index (κ3) is 4.15. The second kappa shape index (κ2) is 7.37. The lowest BCUT2D eigenvalue weighted by Gasteiger charge is -2.17.